The maximum atomic E-state index is 5.88. The summed E-state index contributed by atoms with van der Waals surface area (Å²) in [5.41, 5.74) is 1.09. The third-order valence-electron chi connectivity index (χ3n) is 3.76. The molecule has 1 saturated heterocycles. The van der Waals surface area contributed by atoms with E-state index in [2.05, 4.69) is 23.6 Å². The Morgan fingerprint density at radius 3 is 2.60 bits per heavy atom. The Hall–Kier alpha value is -0.983. The second kappa shape index (κ2) is 7.15. The Balaban J connectivity index is 2.24. The fourth-order valence-electron chi connectivity index (χ4n) is 2.50. The number of nitrogens with zero attached hydrogens (tertiary/aromatic N) is 1. The quantitative estimate of drug-likeness (QED) is 0.736. The minimum Gasteiger partial charge on any atom is -0.394 e. The molecular weight excluding hydrogens is 270 g/mol. The van der Waals surface area contributed by atoms with Crippen molar-refractivity contribution in [2.45, 2.75) is 0 Å². The molecule has 2 rings (SSSR count). The Morgan fingerprint density at radius 1 is 1.30 bits per heavy atom. The van der Waals surface area contributed by atoms with Gasteiger partial charge in [0.25, 0.3) is 0 Å². The highest BCUT2D eigenvalue weighted by Gasteiger charge is 2.40. The highest BCUT2D eigenvalue weighted by atomic mass is 28.4. The van der Waals surface area contributed by atoms with Crippen LogP contribution in [-0.2, 0) is 13.6 Å². The molecule has 0 spiro atoms. The van der Waals surface area contributed by atoms with Crippen LogP contribution in [0.5, 0.6) is 0 Å². The number of hydrogen-bond donors (Lipinski definition) is 0. The van der Waals surface area contributed by atoms with Crippen LogP contribution in [0.4, 0.5) is 0 Å². The van der Waals surface area contributed by atoms with Crippen molar-refractivity contribution in [2.75, 3.05) is 46.7 Å². The molecule has 5 heteroatoms. The first kappa shape index (κ1) is 15.4. The molecule has 1 heterocycles. The molecule has 0 N–H and O–H groups in total. The van der Waals surface area contributed by atoms with Crippen LogP contribution in [0, 0.1) is 0 Å². The van der Waals surface area contributed by atoms with Crippen molar-refractivity contribution in [3.05, 3.63) is 36.4 Å². The van der Waals surface area contributed by atoms with Gasteiger partial charge in [-0.15, -0.1) is 0 Å². The molecule has 0 bridgehead atoms. The monoisotopic (exact) mass is 293 g/mol. The third kappa shape index (κ3) is 3.37. The summed E-state index contributed by atoms with van der Waals surface area (Å²) in [5, 5.41) is 1.14. The predicted molar refractivity (Wildman–Crippen MR) is 83.2 cm³/mol. The van der Waals surface area contributed by atoms with E-state index in [-0.39, 0.29) is 0 Å². The van der Waals surface area contributed by atoms with Gasteiger partial charge in [0.15, 0.2) is 0 Å². The van der Waals surface area contributed by atoms with Crippen molar-refractivity contribution in [3.63, 3.8) is 0 Å². The van der Waals surface area contributed by atoms with E-state index in [9.17, 15) is 0 Å². The molecule has 0 saturated carbocycles. The second-order valence-corrected chi connectivity index (χ2v) is 8.10. The van der Waals surface area contributed by atoms with Gasteiger partial charge >= 0.3 is 8.56 Å². The lowest BCUT2D eigenvalue weighted by atomic mass is 10.2. The zero-order chi connectivity index (χ0) is 14.4. The molecule has 1 aromatic rings. The molecule has 1 fully saturated rings. The smallest absolute Gasteiger partial charge is 0.386 e. The second-order valence-electron chi connectivity index (χ2n) is 4.88. The fraction of sp³-hybridized carbons (Fsp3) is 0.467. The number of rotatable bonds is 6. The van der Waals surface area contributed by atoms with Gasteiger partial charge in [0.1, 0.15) is 0 Å². The van der Waals surface area contributed by atoms with Crippen LogP contribution in [0.1, 0.15) is 5.56 Å². The van der Waals surface area contributed by atoms with E-state index < -0.39 is 8.56 Å². The minimum absolute atomic E-state index is 0.782. The molecular formula is C15H23NO3Si. The average Bonchev–Trinajstić information content (AvgIpc) is 2.54. The summed E-state index contributed by atoms with van der Waals surface area (Å²) in [4.78, 5) is 2.36. The summed E-state index contributed by atoms with van der Waals surface area (Å²) in [5.74, 6) is 0. The topological polar surface area (TPSA) is 30.9 Å². The Morgan fingerprint density at radius 2 is 2.00 bits per heavy atom. The molecule has 0 aliphatic carbocycles. The van der Waals surface area contributed by atoms with Gasteiger partial charge in [0, 0.05) is 33.5 Å². The maximum Gasteiger partial charge on any atom is 0.386 e. The first-order valence-corrected chi connectivity index (χ1v) is 8.90. The molecule has 1 aliphatic rings. The van der Waals surface area contributed by atoms with Crippen LogP contribution in [0.3, 0.4) is 0 Å². The Bertz CT molecular complexity index is 442. The first-order chi connectivity index (χ1) is 9.74. The summed E-state index contributed by atoms with van der Waals surface area (Å²) in [7, 11) is 1.06. The molecule has 0 unspecified atom stereocenters. The highest BCUT2D eigenvalue weighted by molar-refractivity contribution is 6.81. The van der Waals surface area contributed by atoms with Crippen molar-refractivity contribution in [3.8, 4) is 0 Å². The van der Waals surface area contributed by atoms with Gasteiger partial charge in [-0.3, -0.25) is 4.90 Å². The summed E-state index contributed by atoms with van der Waals surface area (Å²) < 4.78 is 17.2. The van der Waals surface area contributed by atoms with Crippen molar-refractivity contribution in [1.82, 2.24) is 4.90 Å². The van der Waals surface area contributed by atoms with Crippen molar-refractivity contribution in [2.24, 2.45) is 0 Å². The summed E-state index contributed by atoms with van der Waals surface area (Å²) in [6.45, 7) is 7.26. The van der Waals surface area contributed by atoms with Crippen molar-refractivity contribution >= 4 is 19.8 Å². The molecule has 110 valence electrons. The zero-order valence-electron chi connectivity index (χ0n) is 12.3. The zero-order valence-corrected chi connectivity index (χ0v) is 13.3. The van der Waals surface area contributed by atoms with Gasteiger partial charge in [-0.2, -0.15) is 0 Å². The van der Waals surface area contributed by atoms with E-state index in [0.29, 0.717) is 0 Å². The number of benzene rings is 1. The molecule has 1 aliphatic heterocycles. The standard InChI is InChI=1S/C15H23NO3Si/c1-4-14-6-5-7-15(12-14)20(17-2,18-3)13-16-8-10-19-11-9-16/h4-7,12H,1,8-11,13H2,2-3H3. The molecule has 1 aromatic carbocycles. The fourth-order valence-corrected chi connectivity index (χ4v) is 5.22. The number of morpholine rings is 1. The Labute approximate surface area is 122 Å². The van der Waals surface area contributed by atoms with E-state index in [1.807, 2.05) is 18.2 Å². The molecule has 0 atom stereocenters. The lowest BCUT2D eigenvalue weighted by Gasteiger charge is -2.35. The molecule has 0 aromatic heterocycles. The molecule has 20 heavy (non-hydrogen) atoms. The van der Waals surface area contributed by atoms with Crippen molar-refractivity contribution in [1.29, 1.82) is 0 Å². The minimum atomic E-state index is -2.43. The molecule has 4 nitrogen and oxygen atoms in total. The maximum absolute atomic E-state index is 5.88. The summed E-state index contributed by atoms with van der Waals surface area (Å²) >= 11 is 0. The average molecular weight is 293 g/mol. The van der Waals surface area contributed by atoms with Gasteiger partial charge in [-0.05, 0) is 10.8 Å². The number of ether oxygens (including phenoxy) is 1. The van der Waals surface area contributed by atoms with Gasteiger partial charge in [0.2, 0.25) is 0 Å². The van der Waals surface area contributed by atoms with E-state index in [4.69, 9.17) is 13.6 Å². The Kier molecular flexibility index (Phi) is 5.51. The normalized spacial score (nSPS) is 17.1. The third-order valence-corrected chi connectivity index (χ3v) is 7.13. The van der Waals surface area contributed by atoms with E-state index >= 15 is 0 Å². The lowest BCUT2D eigenvalue weighted by Crippen LogP contribution is -2.61. The van der Waals surface area contributed by atoms with Crippen LogP contribution in [0.15, 0.2) is 30.8 Å². The summed E-state index contributed by atoms with van der Waals surface area (Å²) in [6.07, 6.45) is 2.67. The van der Waals surface area contributed by atoms with Gasteiger partial charge in [-0.25, -0.2) is 0 Å². The van der Waals surface area contributed by atoms with Crippen molar-refractivity contribution < 1.29 is 13.6 Å². The van der Waals surface area contributed by atoms with E-state index in [1.54, 1.807) is 14.2 Å². The van der Waals surface area contributed by atoms with Gasteiger partial charge in [-0.1, -0.05) is 36.9 Å². The highest BCUT2D eigenvalue weighted by Crippen LogP contribution is 2.12. The summed E-state index contributed by atoms with van der Waals surface area (Å²) in [6, 6.07) is 8.28. The largest absolute Gasteiger partial charge is 0.394 e. The molecule has 0 amide bonds. The van der Waals surface area contributed by atoms with Gasteiger partial charge in [0.05, 0.1) is 13.2 Å². The number of hydrogen-bond acceptors (Lipinski definition) is 4. The lowest BCUT2D eigenvalue weighted by molar-refractivity contribution is 0.0406. The predicted octanol–water partition coefficient (Wildman–Crippen LogP) is 1.14. The van der Waals surface area contributed by atoms with Gasteiger partial charge < -0.3 is 13.6 Å². The SMILES string of the molecule is C=Cc1cccc([Si](CN2CCOCC2)(OC)OC)c1. The van der Waals surface area contributed by atoms with Crippen LogP contribution in [0.2, 0.25) is 0 Å². The van der Waals surface area contributed by atoms with E-state index in [0.717, 1.165) is 43.2 Å². The van der Waals surface area contributed by atoms with Crippen LogP contribution in [0.25, 0.3) is 6.08 Å². The molecule has 0 radical (unpaired) electrons. The van der Waals surface area contributed by atoms with Crippen LogP contribution in [-0.4, -0.2) is 60.2 Å². The van der Waals surface area contributed by atoms with Crippen LogP contribution >= 0.6 is 0 Å². The van der Waals surface area contributed by atoms with Crippen LogP contribution < -0.4 is 5.19 Å². The van der Waals surface area contributed by atoms with E-state index in [1.165, 1.54) is 0 Å². The first-order valence-electron chi connectivity index (χ1n) is 6.87.